The average molecular weight is 301 g/mol. The Morgan fingerprint density at radius 1 is 1.00 bits per heavy atom. The zero-order chi connectivity index (χ0) is 13.8. The van der Waals surface area contributed by atoms with E-state index in [1.807, 2.05) is 54.9 Å². The molecule has 0 aliphatic rings. The minimum Gasteiger partial charge on any atom is -0.295 e. The summed E-state index contributed by atoms with van der Waals surface area (Å²) in [7, 11) is 0. The summed E-state index contributed by atoms with van der Waals surface area (Å²) in [5.74, 6) is 0.876. The normalized spacial score (nSPS) is 10.7. The first-order chi connectivity index (χ1) is 9.83. The molecule has 0 fully saturated rings. The van der Waals surface area contributed by atoms with Crippen molar-refractivity contribution in [3.8, 4) is 5.69 Å². The van der Waals surface area contributed by atoms with Gasteiger partial charge in [-0.15, -0.1) is 0 Å². The molecule has 1 heterocycles. The summed E-state index contributed by atoms with van der Waals surface area (Å²) in [5, 5.41) is 1.76. The lowest BCUT2D eigenvalue weighted by Gasteiger charge is -2.07. The van der Waals surface area contributed by atoms with Crippen molar-refractivity contribution >= 4 is 23.4 Å². The van der Waals surface area contributed by atoms with Gasteiger partial charge in [0.15, 0.2) is 5.16 Å². The Hall–Kier alpha value is -1.71. The van der Waals surface area contributed by atoms with Crippen LogP contribution in [0.15, 0.2) is 72.1 Å². The van der Waals surface area contributed by atoms with Crippen molar-refractivity contribution in [3.05, 3.63) is 77.6 Å². The van der Waals surface area contributed by atoms with Crippen molar-refractivity contribution in [1.82, 2.24) is 9.55 Å². The highest BCUT2D eigenvalue weighted by Crippen LogP contribution is 2.24. The molecular weight excluding hydrogens is 288 g/mol. The van der Waals surface area contributed by atoms with Gasteiger partial charge in [-0.25, -0.2) is 4.98 Å². The number of aromatic nitrogens is 2. The molecule has 0 bridgehead atoms. The van der Waals surface area contributed by atoms with Gasteiger partial charge < -0.3 is 0 Å². The molecule has 0 saturated carbocycles. The number of nitrogens with zero attached hydrogens (tertiary/aromatic N) is 2. The molecule has 3 rings (SSSR count). The lowest BCUT2D eigenvalue weighted by molar-refractivity contribution is 0.895. The molecule has 0 atom stereocenters. The van der Waals surface area contributed by atoms with Crippen molar-refractivity contribution in [2.24, 2.45) is 0 Å². The van der Waals surface area contributed by atoms with Crippen LogP contribution in [0.5, 0.6) is 0 Å². The first-order valence-corrected chi connectivity index (χ1v) is 7.65. The second-order valence-electron chi connectivity index (χ2n) is 4.33. The zero-order valence-corrected chi connectivity index (χ0v) is 12.3. The summed E-state index contributed by atoms with van der Waals surface area (Å²) in [4.78, 5) is 4.43. The molecule has 0 radical (unpaired) electrons. The third-order valence-electron chi connectivity index (χ3n) is 2.92. The lowest BCUT2D eigenvalue weighted by Crippen LogP contribution is -1.94. The second kappa shape index (κ2) is 6.16. The van der Waals surface area contributed by atoms with Gasteiger partial charge in [-0.3, -0.25) is 4.57 Å². The maximum atomic E-state index is 5.89. The molecule has 0 aliphatic heterocycles. The van der Waals surface area contributed by atoms with Crippen LogP contribution < -0.4 is 0 Å². The van der Waals surface area contributed by atoms with Crippen molar-refractivity contribution in [1.29, 1.82) is 0 Å². The maximum absolute atomic E-state index is 5.89. The molecular formula is C16H13ClN2S. The number of rotatable bonds is 4. The maximum Gasteiger partial charge on any atom is 0.172 e. The number of hydrogen-bond donors (Lipinski definition) is 0. The molecule has 3 aromatic rings. The largest absolute Gasteiger partial charge is 0.295 e. The molecule has 0 saturated heterocycles. The standard InChI is InChI=1S/C16H13ClN2S/c17-14-8-6-13(7-9-14)12-20-16-18-10-11-19(16)15-4-2-1-3-5-15/h1-11H,12H2. The molecule has 2 nitrogen and oxygen atoms in total. The van der Waals surface area contributed by atoms with E-state index in [9.17, 15) is 0 Å². The average Bonchev–Trinajstić information content (AvgIpc) is 2.96. The summed E-state index contributed by atoms with van der Waals surface area (Å²) in [6.07, 6.45) is 3.82. The van der Waals surface area contributed by atoms with Crippen LogP contribution in [-0.4, -0.2) is 9.55 Å². The van der Waals surface area contributed by atoms with Gasteiger partial charge in [0, 0.05) is 28.9 Å². The van der Waals surface area contributed by atoms with E-state index in [0.717, 1.165) is 21.6 Å². The van der Waals surface area contributed by atoms with Crippen LogP contribution in [0, 0.1) is 0 Å². The predicted octanol–water partition coefficient (Wildman–Crippen LogP) is 4.82. The summed E-state index contributed by atoms with van der Waals surface area (Å²) < 4.78 is 2.10. The fraction of sp³-hybridized carbons (Fsp3) is 0.0625. The Balaban J connectivity index is 1.76. The van der Waals surface area contributed by atoms with Crippen molar-refractivity contribution in [3.63, 3.8) is 0 Å². The van der Waals surface area contributed by atoms with Gasteiger partial charge in [0.05, 0.1) is 0 Å². The fourth-order valence-corrected chi connectivity index (χ4v) is 2.97. The smallest absolute Gasteiger partial charge is 0.172 e. The number of benzene rings is 2. The van der Waals surface area contributed by atoms with Gasteiger partial charge in [-0.05, 0) is 29.8 Å². The van der Waals surface area contributed by atoms with Gasteiger partial charge in [-0.1, -0.05) is 53.7 Å². The lowest BCUT2D eigenvalue weighted by atomic mass is 10.2. The van der Waals surface area contributed by atoms with Crippen LogP contribution in [0.1, 0.15) is 5.56 Å². The molecule has 2 aromatic carbocycles. The van der Waals surface area contributed by atoms with Gasteiger partial charge in [-0.2, -0.15) is 0 Å². The van der Waals surface area contributed by atoms with Crippen LogP contribution in [0.25, 0.3) is 5.69 Å². The van der Waals surface area contributed by atoms with E-state index >= 15 is 0 Å². The van der Waals surface area contributed by atoms with Gasteiger partial charge >= 0.3 is 0 Å². The molecule has 0 aliphatic carbocycles. The molecule has 0 N–H and O–H groups in total. The second-order valence-corrected chi connectivity index (χ2v) is 5.71. The van der Waals surface area contributed by atoms with Crippen LogP contribution in [0.3, 0.4) is 0 Å². The predicted molar refractivity (Wildman–Crippen MR) is 84.6 cm³/mol. The highest BCUT2D eigenvalue weighted by Gasteiger charge is 2.05. The van der Waals surface area contributed by atoms with Crippen molar-refractivity contribution < 1.29 is 0 Å². The first kappa shape index (κ1) is 13.3. The van der Waals surface area contributed by atoms with E-state index in [2.05, 4.69) is 21.7 Å². The summed E-state index contributed by atoms with van der Waals surface area (Å²) in [5.41, 5.74) is 2.37. The number of halogens is 1. The van der Waals surface area contributed by atoms with E-state index in [1.165, 1.54) is 5.56 Å². The molecule has 20 heavy (non-hydrogen) atoms. The quantitative estimate of drug-likeness (QED) is 0.643. The highest BCUT2D eigenvalue weighted by molar-refractivity contribution is 7.98. The molecule has 4 heteroatoms. The summed E-state index contributed by atoms with van der Waals surface area (Å²) >= 11 is 7.61. The number of para-hydroxylation sites is 1. The van der Waals surface area contributed by atoms with Gasteiger partial charge in [0.25, 0.3) is 0 Å². The Labute approximate surface area is 127 Å². The Morgan fingerprint density at radius 3 is 2.50 bits per heavy atom. The Bertz CT molecular complexity index is 677. The van der Waals surface area contributed by atoms with E-state index in [1.54, 1.807) is 11.8 Å². The van der Waals surface area contributed by atoms with E-state index in [0.29, 0.717) is 0 Å². The molecule has 100 valence electrons. The number of hydrogen-bond acceptors (Lipinski definition) is 2. The van der Waals surface area contributed by atoms with E-state index in [-0.39, 0.29) is 0 Å². The first-order valence-electron chi connectivity index (χ1n) is 6.29. The van der Waals surface area contributed by atoms with Crippen LogP contribution in [0.2, 0.25) is 5.02 Å². The fourth-order valence-electron chi connectivity index (χ4n) is 1.91. The van der Waals surface area contributed by atoms with Gasteiger partial charge in [0.2, 0.25) is 0 Å². The molecule has 0 unspecified atom stereocenters. The van der Waals surface area contributed by atoms with Crippen LogP contribution >= 0.6 is 23.4 Å². The molecule has 0 spiro atoms. The summed E-state index contributed by atoms with van der Waals surface area (Å²) in [6, 6.07) is 18.2. The minimum absolute atomic E-state index is 0.768. The van der Waals surface area contributed by atoms with Crippen molar-refractivity contribution in [2.45, 2.75) is 10.9 Å². The van der Waals surface area contributed by atoms with Crippen LogP contribution in [-0.2, 0) is 5.75 Å². The number of imidazole rings is 1. The Kier molecular flexibility index (Phi) is 4.09. The van der Waals surface area contributed by atoms with E-state index in [4.69, 9.17) is 11.6 Å². The molecule has 0 amide bonds. The van der Waals surface area contributed by atoms with Gasteiger partial charge in [0.1, 0.15) is 0 Å². The highest BCUT2D eigenvalue weighted by atomic mass is 35.5. The minimum atomic E-state index is 0.768. The Morgan fingerprint density at radius 2 is 1.75 bits per heavy atom. The zero-order valence-electron chi connectivity index (χ0n) is 10.7. The topological polar surface area (TPSA) is 17.8 Å². The monoisotopic (exact) mass is 300 g/mol. The summed E-state index contributed by atoms with van der Waals surface area (Å²) in [6.45, 7) is 0. The third-order valence-corrected chi connectivity index (χ3v) is 4.21. The van der Waals surface area contributed by atoms with Crippen molar-refractivity contribution in [2.75, 3.05) is 0 Å². The SMILES string of the molecule is Clc1ccc(CSc2nccn2-c2ccccc2)cc1. The molecule has 1 aromatic heterocycles. The third kappa shape index (κ3) is 3.06. The van der Waals surface area contributed by atoms with Crippen LogP contribution in [0.4, 0.5) is 0 Å². The number of thioether (sulfide) groups is 1. The van der Waals surface area contributed by atoms with E-state index < -0.39 is 0 Å².